The third-order valence-corrected chi connectivity index (χ3v) is 5.01. The van der Waals surface area contributed by atoms with Crippen molar-refractivity contribution in [2.75, 3.05) is 4.72 Å². The number of nitrogens with two attached hydrogens (primary N) is 1. The molecular weight excluding hydrogens is 364 g/mol. The zero-order valence-electron chi connectivity index (χ0n) is 10.3. The van der Waals surface area contributed by atoms with Gasteiger partial charge in [-0.15, -0.1) is 0 Å². The lowest BCUT2D eigenvalue weighted by Gasteiger charge is -2.10. The number of benzene rings is 2. The second kappa shape index (κ2) is 6.13. The molecule has 0 aliphatic carbocycles. The van der Waals surface area contributed by atoms with Crippen molar-refractivity contribution < 1.29 is 8.42 Å². The highest BCUT2D eigenvalue weighted by Crippen LogP contribution is 2.25. The van der Waals surface area contributed by atoms with Gasteiger partial charge in [-0.1, -0.05) is 33.6 Å². The largest absolute Gasteiger partial charge is 0.326 e. The smallest absolute Gasteiger partial charge is 0.263 e. The van der Waals surface area contributed by atoms with Crippen LogP contribution in [0, 0.1) is 0 Å². The van der Waals surface area contributed by atoms with Gasteiger partial charge < -0.3 is 5.73 Å². The van der Waals surface area contributed by atoms with Crippen LogP contribution in [0.2, 0.25) is 5.02 Å². The Bertz CT molecular complexity index is 718. The van der Waals surface area contributed by atoms with E-state index in [2.05, 4.69) is 20.7 Å². The molecule has 0 amide bonds. The average molecular weight is 376 g/mol. The molecule has 0 saturated carbocycles. The zero-order chi connectivity index (χ0) is 14.8. The Labute approximate surface area is 131 Å². The van der Waals surface area contributed by atoms with Gasteiger partial charge in [0.1, 0.15) is 4.90 Å². The first-order valence-electron chi connectivity index (χ1n) is 5.69. The number of hydrogen-bond acceptors (Lipinski definition) is 3. The van der Waals surface area contributed by atoms with Gasteiger partial charge >= 0.3 is 0 Å². The molecule has 2 aromatic carbocycles. The molecule has 0 unspecified atom stereocenters. The second-order valence-electron chi connectivity index (χ2n) is 4.08. The minimum absolute atomic E-state index is 0.0186. The van der Waals surface area contributed by atoms with Crippen molar-refractivity contribution in [2.24, 2.45) is 5.73 Å². The summed E-state index contributed by atoms with van der Waals surface area (Å²) in [6, 6.07) is 11.5. The van der Waals surface area contributed by atoms with Crippen LogP contribution in [-0.4, -0.2) is 8.42 Å². The molecule has 0 heterocycles. The number of nitrogens with one attached hydrogen (secondary N) is 1. The van der Waals surface area contributed by atoms with Crippen LogP contribution in [-0.2, 0) is 16.6 Å². The first-order valence-corrected chi connectivity index (χ1v) is 8.34. The molecule has 2 rings (SSSR count). The zero-order valence-corrected chi connectivity index (χ0v) is 13.5. The molecule has 0 aliphatic rings. The van der Waals surface area contributed by atoms with Crippen LogP contribution in [0.25, 0.3) is 0 Å². The van der Waals surface area contributed by atoms with Crippen molar-refractivity contribution in [3.63, 3.8) is 0 Å². The summed E-state index contributed by atoms with van der Waals surface area (Å²) < 4.78 is 28.0. The molecule has 0 saturated heterocycles. The van der Waals surface area contributed by atoms with Gasteiger partial charge in [-0.25, -0.2) is 8.42 Å². The highest BCUT2D eigenvalue weighted by Gasteiger charge is 2.18. The van der Waals surface area contributed by atoms with Crippen LogP contribution in [0.1, 0.15) is 5.56 Å². The predicted octanol–water partition coefficient (Wildman–Crippen LogP) is 3.36. The van der Waals surface area contributed by atoms with E-state index < -0.39 is 10.0 Å². The Hall–Kier alpha value is -1.08. The van der Waals surface area contributed by atoms with Crippen LogP contribution < -0.4 is 10.5 Å². The average Bonchev–Trinajstić information content (AvgIpc) is 2.41. The van der Waals surface area contributed by atoms with E-state index in [-0.39, 0.29) is 16.5 Å². The van der Waals surface area contributed by atoms with Gasteiger partial charge in [0.2, 0.25) is 0 Å². The molecule has 0 bridgehead atoms. The molecule has 0 aliphatic heterocycles. The van der Waals surface area contributed by atoms with Gasteiger partial charge in [0.25, 0.3) is 10.0 Å². The van der Waals surface area contributed by atoms with Crippen molar-refractivity contribution in [1.82, 2.24) is 0 Å². The quantitative estimate of drug-likeness (QED) is 0.860. The van der Waals surface area contributed by atoms with Crippen molar-refractivity contribution in [2.45, 2.75) is 11.4 Å². The normalized spacial score (nSPS) is 11.3. The predicted molar refractivity (Wildman–Crippen MR) is 84.3 cm³/mol. The molecule has 0 fully saturated rings. The van der Waals surface area contributed by atoms with E-state index in [0.29, 0.717) is 11.3 Å². The van der Waals surface area contributed by atoms with E-state index in [1.54, 1.807) is 30.3 Å². The van der Waals surface area contributed by atoms with Gasteiger partial charge in [0.15, 0.2) is 0 Å². The Morgan fingerprint density at radius 1 is 1.15 bits per heavy atom. The minimum Gasteiger partial charge on any atom is -0.326 e. The SMILES string of the molecule is NCc1ccc(Cl)c(S(=O)(=O)Nc2ccc(Br)cc2)c1. The summed E-state index contributed by atoms with van der Waals surface area (Å²) in [6.07, 6.45) is 0. The van der Waals surface area contributed by atoms with E-state index in [1.165, 1.54) is 12.1 Å². The van der Waals surface area contributed by atoms with Gasteiger partial charge in [-0.05, 0) is 42.0 Å². The van der Waals surface area contributed by atoms with E-state index >= 15 is 0 Å². The Kier molecular flexibility index (Phi) is 4.70. The summed E-state index contributed by atoms with van der Waals surface area (Å²) >= 11 is 9.25. The second-order valence-corrected chi connectivity index (χ2v) is 7.05. The summed E-state index contributed by atoms with van der Waals surface area (Å²) in [7, 11) is -3.74. The molecule has 2 aromatic rings. The standard InChI is InChI=1S/C13H12BrClN2O2S/c14-10-2-4-11(5-3-10)17-20(18,19)13-7-9(8-16)1-6-12(13)15/h1-7,17H,8,16H2. The topological polar surface area (TPSA) is 72.2 Å². The maximum absolute atomic E-state index is 12.3. The molecule has 7 heteroatoms. The fourth-order valence-corrected chi connectivity index (χ4v) is 3.48. The van der Waals surface area contributed by atoms with Crippen LogP contribution in [0.5, 0.6) is 0 Å². The van der Waals surface area contributed by atoms with Crippen LogP contribution in [0.4, 0.5) is 5.69 Å². The maximum Gasteiger partial charge on any atom is 0.263 e. The summed E-state index contributed by atoms with van der Waals surface area (Å²) in [6.45, 7) is 0.248. The third kappa shape index (κ3) is 3.52. The summed E-state index contributed by atoms with van der Waals surface area (Å²) in [4.78, 5) is 0.0186. The van der Waals surface area contributed by atoms with Gasteiger partial charge in [-0.3, -0.25) is 4.72 Å². The fourth-order valence-electron chi connectivity index (χ4n) is 1.61. The van der Waals surface area contributed by atoms with E-state index in [4.69, 9.17) is 17.3 Å². The molecule has 3 N–H and O–H groups in total. The highest BCUT2D eigenvalue weighted by molar-refractivity contribution is 9.10. The lowest BCUT2D eigenvalue weighted by Crippen LogP contribution is -2.14. The molecule has 20 heavy (non-hydrogen) atoms. The van der Waals surface area contributed by atoms with Crippen molar-refractivity contribution in [3.8, 4) is 0 Å². The van der Waals surface area contributed by atoms with Crippen LogP contribution >= 0.6 is 27.5 Å². The molecule has 106 valence electrons. The first kappa shape index (κ1) is 15.3. The summed E-state index contributed by atoms with van der Waals surface area (Å²) in [5.74, 6) is 0. The number of anilines is 1. The van der Waals surface area contributed by atoms with Crippen molar-refractivity contribution >= 4 is 43.2 Å². The molecular formula is C13H12BrClN2O2S. The number of halogens is 2. The number of hydrogen-bond donors (Lipinski definition) is 2. The first-order chi connectivity index (χ1) is 9.42. The Balaban J connectivity index is 2.37. The lowest BCUT2D eigenvalue weighted by molar-refractivity contribution is 0.601. The Morgan fingerprint density at radius 3 is 2.40 bits per heavy atom. The fraction of sp³-hybridized carbons (Fsp3) is 0.0769. The van der Waals surface area contributed by atoms with E-state index in [0.717, 1.165) is 4.47 Å². The van der Waals surface area contributed by atoms with Gasteiger partial charge in [0.05, 0.1) is 5.02 Å². The van der Waals surface area contributed by atoms with Crippen molar-refractivity contribution in [1.29, 1.82) is 0 Å². The minimum atomic E-state index is -3.74. The number of sulfonamides is 1. The van der Waals surface area contributed by atoms with Crippen LogP contribution in [0.15, 0.2) is 51.8 Å². The Morgan fingerprint density at radius 2 is 1.80 bits per heavy atom. The molecule has 0 aromatic heterocycles. The monoisotopic (exact) mass is 374 g/mol. The molecule has 4 nitrogen and oxygen atoms in total. The van der Waals surface area contributed by atoms with E-state index in [1.807, 2.05) is 0 Å². The lowest BCUT2D eigenvalue weighted by atomic mass is 10.2. The van der Waals surface area contributed by atoms with E-state index in [9.17, 15) is 8.42 Å². The van der Waals surface area contributed by atoms with Crippen LogP contribution in [0.3, 0.4) is 0 Å². The number of rotatable bonds is 4. The maximum atomic E-state index is 12.3. The summed E-state index contributed by atoms with van der Waals surface area (Å²) in [5.41, 5.74) is 6.68. The van der Waals surface area contributed by atoms with Gasteiger partial charge in [0, 0.05) is 16.7 Å². The molecule has 0 atom stereocenters. The van der Waals surface area contributed by atoms with Gasteiger partial charge in [-0.2, -0.15) is 0 Å². The third-order valence-electron chi connectivity index (χ3n) is 2.62. The molecule has 0 spiro atoms. The highest BCUT2D eigenvalue weighted by atomic mass is 79.9. The summed E-state index contributed by atoms with van der Waals surface area (Å²) in [5, 5.41) is 0.159. The van der Waals surface area contributed by atoms with Crippen molar-refractivity contribution in [3.05, 3.63) is 57.5 Å². The molecule has 0 radical (unpaired) electrons.